The highest BCUT2D eigenvalue weighted by Crippen LogP contribution is 2.24. The van der Waals surface area contributed by atoms with Gasteiger partial charge in [0.05, 0.1) is 0 Å². The van der Waals surface area contributed by atoms with E-state index >= 15 is 0 Å². The predicted molar refractivity (Wildman–Crippen MR) is 74.9 cm³/mol. The number of aryl methyl sites for hydroxylation is 1. The molecule has 104 valence electrons. The van der Waals surface area contributed by atoms with E-state index in [4.69, 9.17) is 0 Å². The second kappa shape index (κ2) is 6.42. The van der Waals surface area contributed by atoms with Gasteiger partial charge in [0.1, 0.15) is 0 Å². The van der Waals surface area contributed by atoms with E-state index in [1.165, 1.54) is 0 Å². The van der Waals surface area contributed by atoms with Crippen LogP contribution in [0.1, 0.15) is 18.9 Å². The lowest BCUT2D eigenvalue weighted by Gasteiger charge is -2.05. The molecule has 2 aromatic carbocycles. The fourth-order valence-electron chi connectivity index (χ4n) is 2.00. The maximum absolute atomic E-state index is 13.2. The number of halogens is 3. The summed E-state index contributed by atoms with van der Waals surface area (Å²) < 4.78 is 39.3. The van der Waals surface area contributed by atoms with Crippen LogP contribution in [0.2, 0.25) is 0 Å². The third kappa shape index (κ3) is 3.29. The van der Waals surface area contributed by atoms with E-state index in [9.17, 15) is 13.2 Å². The summed E-state index contributed by atoms with van der Waals surface area (Å²) in [5.41, 5.74) is 2.15. The van der Waals surface area contributed by atoms with Gasteiger partial charge in [0.25, 0.3) is 0 Å². The Morgan fingerprint density at radius 3 is 2.05 bits per heavy atom. The Bertz CT molecular complexity index is 590. The maximum atomic E-state index is 13.2. The molecule has 0 aromatic heterocycles. The molecule has 0 atom stereocenters. The molecule has 20 heavy (non-hydrogen) atoms. The van der Waals surface area contributed by atoms with Crippen LogP contribution in [-0.4, -0.2) is 0 Å². The Morgan fingerprint density at radius 2 is 1.50 bits per heavy atom. The van der Waals surface area contributed by atoms with Crippen molar-refractivity contribution in [2.24, 2.45) is 0 Å². The summed E-state index contributed by atoms with van der Waals surface area (Å²) in [5.74, 6) is -3.77. The molecule has 0 saturated carbocycles. The molecule has 0 nitrogen and oxygen atoms in total. The van der Waals surface area contributed by atoms with Crippen molar-refractivity contribution in [3.05, 3.63) is 71.6 Å². The second-order valence-electron chi connectivity index (χ2n) is 4.56. The van der Waals surface area contributed by atoms with E-state index in [-0.39, 0.29) is 0 Å². The molecule has 0 unspecified atom stereocenters. The second-order valence-corrected chi connectivity index (χ2v) is 4.56. The lowest BCUT2D eigenvalue weighted by Crippen LogP contribution is -1.92. The molecular weight excluding hydrogens is 261 g/mol. The SMILES string of the molecule is CC=CCCc1ccc(-c2cc(F)c(F)c(F)c2)cc1. The number of allylic oxidation sites excluding steroid dienone is 2. The highest BCUT2D eigenvalue weighted by Gasteiger charge is 2.11. The summed E-state index contributed by atoms with van der Waals surface area (Å²) >= 11 is 0. The smallest absolute Gasteiger partial charge is 0.194 e. The molecule has 3 heteroatoms. The van der Waals surface area contributed by atoms with Crippen molar-refractivity contribution in [1.82, 2.24) is 0 Å². The van der Waals surface area contributed by atoms with Crippen LogP contribution in [0.15, 0.2) is 48.6 Å². The summed E-state index contributed by atoms with van der Waals surface area (Å²) in [7, 11) is 0. The van der Waals surface area contributed by atoms with Gasteiger partial charge < -0.3 is 0 Å². The molecule has 0 heterocycles. The van der Waals surface area contributed by atoms with Gasteiger partial charge in [0, 0.05) is 0 Å². The third-order valence-electron chi connectivity index (χ3n) is 3.11. The van der Waals surface area contributed by atoms with E-state index in [1.54, 1.807) is 12.1 Å². The van der Waals surface area contributed by atoms with Crippen LogP contribution >= 0.6 is 0 Å². The first-order chi connectivity index (χ1) is 9.61. The zero-order valence-corrected chi connectivity index (χ0v) is 11.2. The summed E-state index contributed by atoms with van der Waals surface area (Å²) in [6.45, 7) is 1.97. The van der Waals surface area contributed by atoms with E-state index < -0.39 is 17.5 Å². The van der Waals surface area contributed by atoms with Gasteiger partial charge in [-0.2, -0.15) is 0 Å². The van der Waals surface area contributed by atoms with Crippen LogP contribution in [0, 0.1) is 17.5 Å². The normalized spacial score (nSPS) is 11.2. The number of rotatable bonds is 4. The van der Waals surface area contributed by atoms with Gasteiger partial charge in [-0.3, -0.25) is 0 Å². The van der Waals surface area contributed by atoms with Crippen LogP contribution in [0.4, 0.5) is 13.2 Å². The first-order valence-electron chi connectivity index (χ1n) is 6.47. The zero-order valence-electron chi connectivity index (χ0n) is 11.2. The quantitative estimate of drug-likeness (QED) is 0.526. The highest BCUT2D eigenvalue weighted by atomic mass is 19.2. The first-order valence-corrected chi connectivity index (χ1v) is 6.47. The van der Waals surface area contributed by atoms with Crippen molar-refractivity contribution in [3.8, 4) is 11.1 Å². The Kier molecular flexibility index (Phi) is 4.61. The molecule has 2 aromatic rings. The standard InChI is InChI=1S/C17H15F3/c1-2-3-4-5-12-6-8-13(9-7-12)14-10-15(18)17(20)16(19)11-14/h2-3,6-11H,4-5H2,1H3. The first kappa shape index (κ1) is 14.4. The molecule has 0 radical (unpaired) electrons. The van der Waals surface area contributed by atoms with Crippen molar-refractivity contribution in [2.75, 3.05) is 0 Å². The van der Waals surface area contributed by atoms with Crippen molar-refractivity contribution in [1.29, 1.82) is 0 Å². The van der Waals surface area contributed by atoms with Gasteiger partial charge in [-0.05, 0) is 48.6 Å². The zero-order chi connectivity index (χ0) is 14.5. The van der Waals surface area contributed by atoms with Crippen molar-refractivity contribution in [2.45, 2.75) is 19.8 Å². The summed E-state index contributed by atoms with van der Waals surface area (Å²) in [5, 5.41) is 0. The third-order valence-corrected chi connectivity index (χ3v) is 3.11. The van der Waals surface area contributed by atoms with Crippen LogP contribution in [-0.2, 0) is 6.42 Å². The minimum Gasteiger partial charge on any atom is -0.204 e. The van der Waals surface area contributed by atoms with Crippen LogP contribution in [0.5, 0.6) is 0 Å². The van der Waals surface area contributed by atoms with E-state index in [1.807, 2.05) is 25.1 Å². The van der Waals surface area contributed by atoms with E-state index in [2.05, 4.69) is 6.08 Å². The Labute approximate surface area is 116 Å². The van der Waals surface area contributed by atoms with Gasteiger partial charge in [-0.15, -0.1) is 0 Å². The van der Waals surface area contributed by atoms with Gasteiger partial charge in [0.2, 0.25) is 0 Å². The summed E-state index contributed by atoms with van der Waals surface area (Å²) in [6.07, 6.45) is 5.95. The topological polar surface area (TPSA) is 0 Å². The predicted octanol–water partition coefficient (Wildman–Crippen LogP) is 5.28. The lowest BCUT2D eigenvalue weighted by molar-refractivity contribution is 0.448. The van der Waals surface area contributed by atoms with Crippen molar-refractivity contribution in [3.63, 3.8) is 0 Å². The van der Waals surface area contributed by atoms with Crippen LogP contribution < -0.4 is 0 Å². The molecule has 0 aliphatic rings. The minimum atomic E-state index is -1.43. The Morgan fingerprint density at radius 1 is 0.900 bits per heavy atom. The molecule has 0 aliphatic heterocycles. The molecular formula is C17H15F3. The van der Waals surface area contributed by atoms with Crippen LogP contribution in [0.3, 0.4) is 0 Å². The largest absolute Gasteiger partial charge is 0.204 e. The number of benzene rings is 2. The average molecular weight is 276 g/mol. The molecule has 2 rings (SSSR count). The van der Waals surface area contributed by atoms with Gasteiger partial charge in [-0.25, -0.2) is 13.2 Å². The number of hydrogen-bond donors (Lipinski definition) is 0. The molecule has 0 saturated heterocycles. The van der Waals surface area contributed by atoms with Crippen LogP contribution in [0.25, 0.3) is 11.1 Å². The molecule has 0 fully saturated rings. The summed E-state index contributed by atoms with van der Waals surface area (Å²) in [6, 6.07) is 9.42. The van der Waals surface area contributed by atoms with Gasteiger partial charge >= 0.3 is 0 Å². The average Bonchev–Trinajstić information content (AvgIpc) is 2.45. The Hall–Kier alpha value is -2.03. The van der Waals surface area contributed by atoms with E-state index in [0.717, 1.165) is 30.5 Å². The fourth-order valence-corrected chi connectivity index (χ4v) is 2.00. The summed E-state index contributed by atoms with van der Waals surface area (Å²) in [4.78, 5) is 0. The molecule has 0 spiro atoms. The van der Waals surface area contributed by atoms with Gasteiger partial charge in [0.15, 0.2) is 17.5 Å². The monoisotopic (exact) mass is 276 g/mol. The Balaban J connectivity index is 2.21. The minimum absolute atomic E-state index is 0.335. The van der Waals surface area contributed by atoms with Crippen molar-refractivity contribution < 1.29 is 13.2 Å². The lowest BCUT2D eigenvalue weighted by atomic mass is 10.0. The molecule has 0 bridgehead atoms. The molecule has 0 N–H and O–H groups in total. The van der Waals surface area contributed by atoms with Gasteiger partial charge in [-0.1, -0.05) is 36.4 Å². The number of hydrogen-bond acceptors (Lipinski definition) is 0. The molecule has 0 aliphatic carbocycles. The highest BCUT2D eigenvalue weighted by molar-refractivity contribution is 5.63. The van der Waals surface area contributed by atoms with Crippen molar-refractivity contribution >= 4 is 0 Å². The molecule has 0 amide bonds. The fraction of sp³-hybridized carbons (Fsp3) is 0.176. The van der Waals surface area contributed by atoms with E-state index in [0.29, 0.717) is 11.1 Å². The maximum Gasteiger partial charge on any atom is 0.194 e.